The summed E-state index contributed by atoms with van der Waals surface area (Å²) in [5.41, 5.74) is 3.55. The molecule has 0 bridgehead atoms. The van der Waals surface area contributed by atoms with Crippen LogP contribution >= 0.6 is 0 Å². The van der Waals surface area contributed by atoms with Crippen LogP contribution in [0.4, 0.5) is 4.39 Å². The van der Waals surface area contributed by atoms with E-state index in [9.17, 15) is 9.18 Å². The monoisotopic (exact) mass is 381 g/mol. The zero-order valence-corrected chi connectivity index (χ0v) is 15.9. The molecule has 1 aliphatic heterocycles. The van der Waals surface area contributed by atoms with Crippen molar-refractivity contribution in [2.45, 2.75) is 20.4 Å². The van der Waals surface area contributed by atoms with Crippen LogP contribution in [0.3, 0.4) is 0 Å². The lowest BCUT2D eigenvalue weighted by molar-refractivity contribution is 0.0783. The molecule has 0 aliphatic carbocycles. The van der Waals surface area contributed by atoms with E-state index < -0.39 is 0 Å². The SMILES string of the molecule is Cc1nn(-c2ccc(F)cc2)c(C)c1C(=O)N(C)Cc1ccc2c(c1)OCO2. The molecule has 28 heavy (non-hydrogen) atoms. The molecule has 0 saturated carbocycles. The number of carbonyl (C=O) groups excluding carboxylic acids is 1. The third kappa shape index (κ3) is 3.19. The lowest BCUT2D eigenvalue weighted by Gasteiger charge is -2.18. The zero-order valence-electron chi connectivity index (χ0n) is 15.9. The fraction of sp³-hybridized carbons (Fsp3) is 0.238. The molecule has 4 rings (SSSR count). The maximum atomic E-state index is 13.2. The molecule has 7 heteroatoms. The molecule has 0 radical (unpaired) electrons. The number of amides is 1. The first-order valence-corrected chi connectivity index (χ1v) is 8.90. The van der Waals surface area contributed by atoms with Gasteiger partial charge in [0.05, 0.1) is 22.6 Å². The van der Waals surface area contributed by atoms with Gasteiger partial charge in [-0.05, 0) is 55.8 Å². The number of rotatable bonds is 4. The van der Waals surface area contributed by atoms with Gasteiger partial charge in [-0.2, -0.15) is 5.10 Å². The number of aryl methyl sites for hydroxylation is 1. The molecule has 0 spiro atoms. The van der Waals surface area contributed by atoms with Crippen LogP contribution in [0.15, 0.2) is 42.5 Å². The maximum Gasteiger partial charge on any atom is 0.257 e. The first kappa shape index (κ1) is 18.0. The van der Waals surface area contributed by atoms with Gasteiger partial charge in [0.25, 0.3) is 5.91 Å². The van der Waals surface area contributed by atoms with Crippen molar-refractivity contribution < 1.29 is 18.7 Å². The van der Waals surface area contributed by atoms with Crippen LogP contribution in [-0.4, -0.2) is 34.4 Å². The summed E-state index contributed by atoms with van der Waals surface area (Å²) in [6.45, 7) is 4.28. The Balaban J connectivity index is 1.58. The van der Waals surface area contributed by atoms with Gasteiger partial charge in [-0.25, -0.2) is 9.07 Å². The van der Waals surface area contributed by atoms with Crippen molar-refractivity contribution >= 4 is 5.91 Å². The molecular formula is C21H20FN3O3. The molecular weight excluding hydrogens is 361 g/mol. The molecule has 2 heterocycles. The van der Waals surface area contributed by atoms with Crippen LogP contribution in [0, 0.1) is 19.7 Å². The standard InChI is InChI=1S/C21H20FN3O3/c1-13-20(14(2)25(23-13)17-7-5-16(22)6-8-17)21(26)24(3)11-15-4-9-18-19(10-15)28-12-27-18/h4-10H,11-12H2,1-3H3. The number of halogens is 1. The second-order valence-corrected chi connectivity index (χ2v) is 6.78. The van der Waals surface area contributed by atoms with Crippen LogP contribution in [-0.2, 0) is 6.54 Å². The number of hydrogen-bond acceptors (Lipinski definition) is 4. The van der Waals surface area contributed by atoms with Gasteiger partial charge in [-0.3, -0.25) is 4.79 Å². The van der Waals surface area contributed by atoms with E-state index in [-0.39, 0.29) is 18.5 Å². The minimum absolute atomic E-state index is 0.124. The van der Waals surface area contributed by atoms with E-state index in [0.717, 1.165) is 5.56 Å². The molecule has 1 amide bonds. The molecule has 0 unspecified atom stereocenters. The first-order valence-electron chi connectivity index (χ1n) is 8.90. The second-order valence-electron chi connectivity index (χ2n) is 6.78. The highest BCUT2D eigenvalue weighted by atomic mass is 19.1. The van der Waals surface area contributed by atoms with Crippen molar-refractivity contribution in [3.8, 4) is 17.2 Å². The van der Waals surface area contributed by atoms with Crippen molar-refractivity contribution in [3.05, 3.63) is 70.8 Å². The fourth-order valence-corrected chi connectivity index (χ4v) is 3.36. The lowest BCUT2D eigenvalue weighted by atomic mass is 10.1. The van der Waals surface area contributed by atoms with E-state index in [1.807, 2.05) is 25.1 Å². The van der Waals surface area contributed by atoms with Gasteiger partial charge in [0.1, 0.15) is 5.82 Å². The molecule has 0 fully saturated rings. The molecule has 1 aromatic heterocycles. The van der Waals surface area contributed by atoms with Gasteiger partial charge in [0.2, 0.25) is 6.79 Å². The Morgan fingerprint density at radius 3 is 2.61 bits per heavy atom. The zero-order chi connectivity index (χ0) is 19.8. The van der Waals surface area contributed by atoms with E-state index in [0.29, 0.717) is 40.7 Å². The Morgan fingerprint density at radius 2 is 1.86 bits per heavy atom. The summed E-state index contributed by atoms with van der Waals surface area (Å²) in [5, 5.41) is 4.48. The molecule has 3 aromatic rings. The van der Waals surface area contributed by atoms with Crippen molar-refractivity contribution in [2.75, 3.05) is 13.8 Å². The molecule has 0 N–H and O–H groups in total. The summed E-state index contributed by atoms with van der Waals surface area (Å²) in [6.07, 6.45) is 0. The number of nitrogens with zero attached hydrogens (tertiary/aromatic N) is 3. The number of ether oxygens (including phenoxy) is 2. The van der Waals surface area contributed by atoms with Gasteiger partial charge in [0.15, 0.2) is 11.5 Å². The molecule has 0 atom stereocenters. The summed E-state index contributed by atoms with van der Waals surface area (Å²) in [4.78, 5) is 14.7. The third-order valence-electron chi connectivity index (χ3n) is 4.78. The Labute approximate surface area is 162 Å². The summed E-state index contributed by atoms with van der Waals surface area (Å²) in [6, 6.07) is 11.7. The van der Waals surface area contributed by atoms with E-state index in [4.69, 9.17) is 9.47 Å². The van der Waals surface area contributed by atoms with Gasteiger partial charge >= 0.3 is 0 Å². The quantitative estimate of drug-likeness (QED) is 0.693. The van der Waals surface area contributed by atoms with Crippen molar-refractivity contribution in [1.29, 1.82) is 0 Å². The van der Waals surface area contributed by atoms with Gasteiger partial charge in [0, 0.05) is 13.6 Å². The summed E-state index contributed by atoms with van der Waals surface area (Å²) >= 11 is 0. The smallest absolute Gasteiger partial charge is 0.257 e. The maximum absolute atomic E-state index is 13.2. The Hall–Kier alpha value is -3.35. The topological polar surface area (TPSA) is 56.6 Å². The summed E-state index contributed by atoms with van der Waals surface area (Å²) in [7, 11) is 1.75. The highest BCUT2D eigenvalue weighted by Crippen LogP contribution is 2.33. The number of carbonyl (C=O) groups is 1. The van der Waals surface area contributed by atoms with Crippen LogP contribution in [0.5, 0.6) is 11.5 Å². The third-order valence-corrected chi connectivity index (χ3v) is 4.78. The highest BCUT2D eigenvalue weighted by molar-refractivity contribution is 5.96. The van der Waals surface area contributed by atoms with Crippen molar-refractivity contribution in [2.24, 2.45) is 0 Å². The molecule has 6 nitrogen and oxygen atoms in total. The Kier molecular flexibility index (Phi) is 4.50. The second kappa shape index (κ2) is 6.99. The Morgan fingerprint density at radius 1 is 1.14 bits per heavy atom. The number of benzene rings is 2. The van der Waals surface area contributed by atoms with Crippen LogP contribution < -0.4 is 9.47 Å². The van der Waals surface area contributed by atoms with Crippen molar-refractivity contribution in [1.82, 2.24) is 14.7 Å². The molecule has 144 valence electrons. The predicted octanol–water partition coefficient (Wildman–Crippen LogP) is 3.63. The fourth-order valence-electron chi connectivity index (χ4n) is 3.36. The van der Waals surface area contributed by atoms with E-state index in [1.165, 1.54) is 12.1 Å². The number of hydrogen-bond donors (Lipinski definition) is 0. The summed E-state index contributed by atoms with van der Waals surface area (Å²) < 4.78 is 25.6. The summed E-state index contributed by atoms with van der Waals surface area (Å²) in [5.74, 6) is 0.964. The van der Waals surface area contributed by atoms with Crippen LogP contribution in [0.1, 0.15) is 27.3 Å². The average Bonchev–Trinajstić information content (AvgIpc) is 3.25. The first-order chi connectivity index (χ1) is 13.4. The Bertz CT molecular complexity index is 1040. The lowest BCUT2D eigenvalue weighted by Crippen LogP contribution is -2.27. The van der Waals surface area contributed by atoms with Crippen LogP contribution in [0.25, 0.3) is 5.69 Å². The molecule has 0 saturated heterocycles. The predicted molar refractivity (Wildman–Crippen MR) is 101 cm³/mol. The largest absolute Gasteiger partial charge is 0.454 e. The molecule has 1 aliphatic rings. The van der Waals surface area contributed by atoms with E-state index >= 15 is 0 Å². The molecule has 2 aromatic carbocycles. The normalized spacial score (nSPS) is 12.3. The number of aromatic nitrogens is 2. The van der Waals surface area contributed by atoms with Gasteiger partial charge in [-0.1, -0.05) is 6.07 Å². The van der Waals surface area contributed by atoms with Gasteiger partial charge in [-0.15, -0.1) is 0 Å². The highest BCUT2D eigenvalue weighted by Gasteiger charge is 2.23. The van der Waals surface area contributed by atoms with Crippen LogP contribution in [0.2, 0.25) is 0 Å². The van der Waals surface area contributed by atoms with E-state index in [2.05, 4.69) is 5.10 Å². The van der Waals surface area contributed by atoms with Gasteiger partial charge < -0.3 is 14.4 Å². The minimum Gasteiger partial charge on any atom is -0.454 e. The van der Waals surface area contributed by atoms with E-state index in [1.54, 1.807) is 35.7 Å². The average molecular weight is 381 g/mol. The minimum atomic E-state index is -0.315. The van der Waals surface area contributed by atoms with Crippen molar-refractivity contribution in [3.63, 3.8) is 0 Å². The number of fused-ring (bicyclic) bond motifs is 1.